The number of rotatable bonds is 12. The van der Waals surface area contributed by atoms with Crippen molar-refractivity contribution >= 4 is 28.0 Å². The molecule has 55 heavy (non-hydrogen) atoms. The van der Waals surface area contributed by atoms with Gasteiger partial charge in [-0.25, -0.2) is 27.7 Å². The van der Waals surface area contributed by atoms with Crippen LogP contribution >= 0.6 is 0 Å². The lowest BCUT2D eigenvalue weighted by molar-refractivity contribution is -0.216. The first-order valence-corrected chi connectivity index (χ1v) is 19.7. The van der Waals surface area contributed by atoms with Crippen molar-refractivity contribution < 1.29 is 45.8 Å². The van der Waals surface area contributed by atoms with Crippen molar-refractivity contribution in [2.24, 2.45) is 10.8 Å². The third kappa shape index (κ3) is 10.3. The summed E-state index contributed by atoms with van der Waals surface area (Å²) in [7, 11) is -4.38. The van der Waals surface area contributed by atoms with E-state index < -0.39 is 39.2 Å². The fourth-order valence-corrected chi connectivity index (χ4v) is 8.27. The molecular weight excluding hydrogens is 740 g/mol. The normalized spacial score (nSPS) is 17.0. The number of piperidine rings is 1. The fourth-order valence-electron chi connectivity index (χ4n) is 7.29. The van der Waals surface area contributed by atoms with Gasteiger partial charge in [0.25, 0.3) is 10.0 Å². The zero-order valence-electron chi connectivity index (χ0n) is 32.2. The first kappa shape index (κ1) is 41.7. The number of carboxylic acid groups (broad SMARTS) is 1. The maximum absolute atomic E-state index is 14.2. The molecule has 3 aromatic rings. The molecule has 1 aromatic heterocycles. The van der Waals surface area contributed by atoms with Crippen molar-refractivity contribution in [2.75, 3.05) is 24.4 Å². The number of amides is 1. The van der Waals surface area contributed by atoms with Crippen LogP contribution in [0.15, 0.2) is 53.4 Å². The van der Waals surface area contributed by atoms with E-state index >= 15 is 0 Å². The Morgan fingerprint density at radius 3 is 2.18 bits per heavy atom. The number of benzene rings is 2. The number of carbonyl (C=O) groups excluding carboxylic acids is 1. The standard InChI is InChI=1S/C39H50F3N5O7S/c1-24-10-8-11-25(2)32(24)30-19-31(45-34(44-30)46-55(51,52)29-13-9-12-26(18-29)33(48)49)53-23-28(20-37(6,7)39(40,41)42)43-27-21-38(22-27)14-16-47(17-15-38)35(50)54-36(3,4)5/h8-13,18-19,27-28,43H,14-17,20-23H2,1-7H3,(H,48,49)(H,44,45,46). The van der Waals surface area contributed by atoms with E-state index in [1.165, 1.54) is 24.3 Å². The maximum Gasteiger partial charge on any atom is 0.410 e. The molecule has 12 nitrogen and oxygen atoms in total. The van der Waals surface area contributed by atoms with Crippen molar-refractivity contribution in [1.82, 2.24) is 20.2 Å². The number of likely N-dealkylation sites (tertiary alicyclic amines) is 1. The Labute approximate surface area is 320 Å². The van der Waals surface area contributed by atoms with Crippen LogP contribution in [-0.2, 0) is 14.8 Å². The number of alkyl halides is 3. The Morgan fingerprint density at radius 2 is 1.60 bits per heavy atom. The van der Waals surface area contributed by atoms with E-state index in [9.17, 15) is 36.3 Å². The van der Waals surface area contributed by atoms with Crippen LogP contribution in [0.5, 0.6) is 5.88 Å². The molecule has 2 heterocycles. The lowest BCUT2D eigenvalue weighted by Gasteiger charge is -2.53. The molecule has 1 aliphatic heterocycles. The highest BCUT2D eigenvalue weighted by Gasteiger charge is 2.50. The third-order valence-electron chi connectivity index (χ3n) is 10.3. The molecule has 0 bridgehead atoms. The second kappa shape index (κ2) is 15.6. The smallest absolute Gasteiger partial charge is 0.410 e. The molecule has 3 N–H and O–H groups in total. The number of hydrogen-bond donors (Lipinski definition) is 3. The molecule has 1 atom stereocenters. The number of nitrogens with one attached hydrogen (secondary N) is 2. The van der Waals surface area contributed by atoms with Crippen molar-refractivity contribution in [2.45, 2.75) is 109 Å². The molecule has 1 amide bonds. The number of anilines is 1. The number of sulfonamides is 1. The van der Waals surface area contributed by atoms with Gasteiger partial charge in [-0.2, -0.15) is 18.2 Å². The minimum Gasteiger partial charge on any atom is -0.478 e. The first-order chi connectivity index (χ1) is 25.5. The van der Waals surface area contributed by atoms with Gasteiger partial charge in [0.2, 0.25) is 11.8 Å². The van der Waals surface area contributed by atoms with Crippen LogP contribution in [0.1, 0.15) is 88.2 Å². The molecule has 1 saturated heterocycles. The van der Waals surface area contributed by atoms with Crippen LogP contribution in [0.25, 0.3) is 11.3 Å². The molecule has 2 aromatic carbocycles. The van der Waals surface area contributed by atoms with Gasteiger partial charge in [0.05, 0.1) is 21.6 Å². The minimum absolute atomic E-state index is 0.0237. The maximum atomic E-state index is 14.2. The Morgan fingerprint density at radius 1 is 0.982 bits per heavy atom. The summed E-state index contributed by atoms with van der Waals surface area (Å²) in [5, 5.41) is 12.8. The van der Waals surface area contributed by atoms with Gasteiger partial charge in [-0.3, -0.25) is 0 Å². The second-order valence-electron chi connectivity index (χ2n) is 16.5. The molecule has 300 valence electrons. The number of hydrogen-bond acceptors (Lipinski definition) is 9. The van der Waals surface area contributed by atoms with Gasteiger partial charge in [0.1, 0.15) is 12.2 Å². The number of carbonyl (C=O) groups is 2. The summed E-state index contributed by atoms with van der Waals surface area (Å²) in [5.74, 6) is -1.74. The lowest BCUT2D eigenvalue weighted by Crippen LogP contribution is -2.58. The fraction of sp³-hybridized carbons (Fsp3) is 0.538. The first-order valence-electron chi connectivity index (χ1n) is 18.2. The average Bonchev–Trinajstić information content (AvgIpc) is 3.05. The summed E-state index contributed by atoms with van der Waals surface area (Å²) in [6, 6.07) is 11.0. The van der Waals surface area contributed by atoms with Crippen molar-refractivity contribution in [3.8, 4) is 17.1 Å². The van der Waals surface area contributed by atoms with E-state index in [1.807, 2.05) is 52.8 Å². The molecule has 1 aliphatic carbocycles. The predicted molar refractivity (Wildman–Crippen MR) is 201 cm³/mol. The summed E-state index contributed by atoms with van der Waals surface area (Å²) in [6.45, 7) is 12.3. The Hall–Kier alpha value is -4.44. The Kier molecular flexibility index (Phi) is 11.8. The summed E-state index contributed by atoms with van der Waals surface area (Å²) < 4.78 is 83.3. The summed E-state index contributed by atoms with van der Waals surface area (Å²) in [6.07, 6.45) is -2.15. The summed E-state index contributed by atoms with van der Waals surface area (Å²) in [4.78, 5) is 34.2. The van der Waals surface area contributed by atoms with E-state index in [0.29, 0.717) is 24.3 Å². The lowest BCUT2D eigenvalue weighted by atomic mass is 9.60. The molecular formula is C39H50F3N5O7S. The van der Waals surface area contributed by atoms with Crippen LogP contribution in [0.4, 0.5) is 23.9 Å². The van der Waals surface area contributed by atoms with Crippen LogP contribution in [0, 0.1) is 24.7 Å². The highest BCUT2D eigenvalue weighted by molar-refractivity contribution is 7.92. The molecule has 5 rings (SSSR count). The van der Waals surface area contributed by atoms with Crippen LogP contribution in [-0.4, -0.2) is 84.0 Å². The number of aryl methyl sites for hydroxylation is 2. The van der Waals surface area contributed by atoms with E-state index in [-0.39, 0.29) is 52.9 Å². The molecule has 16 heteroatoms. The monoisotopic (exact) mass is 789 g/mol. The third-order valence-corrected chi connectivity index (χ3v) is 11.6. The highest BCUT2D eigenvalue weighted by Crippen LogP contribution is 2.50. The highest BCUT2D eigenvalue weighted by atomic mass is 32.2. The van der Waals surface area contributed by atoms with Crippen LogP contribution in [0.3, 0.4) is 0 Å². The molecule has 1 saturated carbocycles. The van der Waals surface area contributed by atoms with E-state index in [1.54, 1.807) is 4.90 Å². The number of aromatic nitrogens is 2. The largest absolute Gasteiger partial charge is 0.478 e. The van der Waals surface area contributed by atoms with E-state index in [4.69, 9.17) is 9.47 Å². The Bertz CT molecular complexity index is 1980. The second-order valence-corrected chi connectivity index (χ2v) is 18.1. The Balaban J connectivity index is 1.36. The van der Waals surface area contributed by atoms with Gasteiger partial charge in [0.15, 0.2) is 0 Å². The van der Waals surface area contributed by atoms with Gasteiger partial charge in [-0.05, 0) is 101 Å². The van der Waals surface area contributed by atoms with Gasteiger partial charge in [-0.15, -0.1) is 0 Å². The van der Waals surface area contributed by atoms with Crippen LogP contribution < -0.4 is 14.8 Å². The van der Waals surface area contributed by atoms with Gasteiger partial charge >= 0.3 is 18.2 Å². The molecule has 1 unspecified atom stereocenters. The summed E-state index contributed by atoms with van der Waals surface area (Å²) >= 11 is 0. The van der Waals surface area contributed by atoms with E-state index in [0.717, 1.165) is 56.7 Å². The van der Waals surface area contributed by atoms with Crippen molar-refractivity contribution in [3.05, 3.63) is 65.2 Å². The number of aromatic carboxylic acids is 1. The number of nitrogens with zero attached hydrogens (tertiary/aromatic N) is 3. The quantitative estimate of drug-likeness (QED) is 0.166. The zero-order valence-corrected chi connectivity index (χ0v) is 33.0. The number of ether oxygens (including phenoxy) is 2. The molecule has 0 radical (unpaired) electrons. The SMILES string of the molecule is Cc1cccc(C)c1-c1cc(OCC(CC(C)(C)C(F)(F)F)NC2CC3(CCN(C(=O)OC(C)(C)C)CC3)C2)nc(NS(=O)(=O)c2cccc(C(=O)O)c2)n1. The zero-order chi connectivity index (χ0) is 40.6. The average molecular weight is 790 g/mol. The van der Waals surface area contributed by atoms with Gasteiger partial charge in [0, 0.05) is 36.8 Å². The number of halogens is 3. The van der Waals surface area contributed by atoms with Gasteiger partial charge < -0.3 is 24.8 Å². The van der Waals surface area contributed by atoms with Crippen molar-refractivity contribution in [1.29, 1.82) is 0 Å². The summed E-state index contributed by atoms with van der Waals surface area (Å²) in [5.41, 5.74) is -0.258. The van der Waals surface area contributed by atoms with Crippen molar-refractivity contribution in [3.63, 3.8) is 0 Å². The van der Waals surface area contributed by atoms with E-state index in [2.05, 4.69) is 20.0 Å². The molecule has 1 spiro atoms. The van der Waals surface area contributed by atoms with Gasteiger partial charge in [-0.1, -0.05) is 38.1 Å². The molecule has 2 aliphatic rings. The van der Waals surface area contributed by atoms with Crippen LogP contribution in [0.2, 0.25) is 0 Å². The topological polar surface area (TPSA) is 160 Å². The number of carboxylic acids is 1. The molecule has 2 fully saturated rings. The predicted octanol–water partition coefficient (Wildman–Crippen LogP) is 7.75. The minimum atomic E-state index is -4.49.